The van der Waals surface area contributed by atoms with Gasteiger partial charge in [-0.3, -0.25) is 14.4 Å². The molecule has 1 fully saturated rings. The van der Waals surface area contributed by atoms with Gasteiger partial charge >= 0.3 is 0 Å². The largest absolute Gasteiger partial charge is 0.354 e. The van der Waals surface area contributed by atoms with Crippen molar-refractivity contribution in [3.05, 3.63) is 65.7 Å². The lowest BCUT2D eigenvalue weighted by molar-refractivity contribution is -0.121. The van der Waals surface area contributed by atoms with Gasteiger partial charge in [-0.15, -0.1) is 0 Å². The highest BCUT2D eigenvalue weighted by atomic mass is 16.2. The van der Waals surface area contributed by atoms with Crippen LogP contribution in [0.2, 0.25) is 0 Å². The molecular formula is C20H21N3O3. The van der Waals surface area contributed by atoms with Crippen LogP contribution in [0.1, 0.15) is 34.1 Å². The molecular weight excluding hydrogens is 330 g/mol. The zero-order valence-corrected chi connectivity index (χ0v) is 14.6. The lowest BCUT2D eigenvalue weighted by Gasteiger charge is -2.26. The fourth-order valence-corrected chi connectivity index (χ4v) is 2.94. The Bertz CT molecular complexity index is 803. The molecule has 1 heterocycles. The summed E-state index contributed by atoms with van der Waals surface area (Å²) in [5.74, 6) is -0.405. The maximum atomic E-state index is 12.7. The third-order valence-electron chi connectivity index (χ3n) is 4.37. The Hall–Kier alpha value is -3.15. The van der Waals surface area contributed by atoms with Crippen molar-refractivity contribution < 1.29 is 14.4 Å². The molecule has 26 heavy (non-hydrogen) atoms. The van der Waals surface area contributed by atoms with Crippen LogP contribution in [0.15, 0.2) is 54.6 Å². The highest BCUT2D eigenvalue weighted by molar-refractivity contribution is 6.05. The van der Waals surface area contributed by atoms with Crippen LogP contribution in [0.4, 0.5) is 5.69 Å². The molecule has 1 aliphatic heterocycles. The number of carbonyl (C=O) groups is 3. The molecule has 1 aliphatic rings. The van der Waals surface area contributed by atoms with Crippen LogP contribution >= 0.6 is 0 Å². The predicted molar refractivity (Wildman–Crippen MR) is 99.0 cm³/mol. The second-order valence-corrected chi connectivity index (χ2v) is 6.30. The molecule has 0 radical (unpaired) electrons. The Labute approximate surface area is 152 Å². The zero-order chi connectivity index (χ0) is 18.5. The van der Waals surface area contributed by atoms with Gasteiger partial charge in [0.15, 0.2) is 0 Å². The molecule has 2 N–H and O–H groups in total. The number of benzene rings is 2. The van der Waals surface area contributed by atoms with Gasteiger partial charge in [-0.05, 0) is 43.3 Å². The lowest BCUT2D eigenvalue weighted by atomic mass is 10.1. The quantitative estimate of drug-likeness (QED) is 0.890. The average molecular weight is 351 g/mol. The zero-order valence-electron chi connectivity index (χ0n) is 14.6. The topological polar surface area (TPSA) is 78.5 Å². The molecule has 6 heteroatoms. The smallest absolute Gasteiger partial charge is 0.255 e. The molecule has 0 aromatic heterocycles. The van der Waals surface area contributed by atoms with E-state index in [-0.39, 0.29) is 23.8 Å². The fourth-order valence-electron chi connectivity index (χ4n) is 2.94. The van der Waals surface area contributed by atoms with Crippen LogP contribution in [-0.2, 0) is 4.79 Å². The number of amides is 3. The molecule has 0 spiro atoms. The third-order valence-corrected chi connectivity index (χ3v) is 4.37. The summed E-state index contributed by atoms with van der Waals surface area (Å²) in [6, 6.07) is 15.6. The first kappa shape index (κ1) is 17.7. The molecule has 1 saturated heterocycles. The molecule has 6 nitrogen and oxygen atoms in total. The maximum absolute atomic E-state index is 12.7. The van der Waals surface area contributed by atoms with E-state index >= 15 is 0 Å². The van der Waals surface area contributed by atoms with E-state index in [1.807, 2.05) is 37.3 Å². The number of hydrogen-bond acceptors (Lipinski definition) is 3. The Balaban J connectivity index is 1.69. The Morgan fingerprint density at radius 2 is 1.69 bits per heavy atom. The van der Waals surface area contributed by atoms with Crippen LogP contribution in [-0.4, -0.2) is 41.8 Å². The summed E-state index contributed by atoms with van der Waals surface area (Å²) < 4.78 is 0. The summed E-state index contributed by atoms with van der Waals surface area (Å²) in [6.45, 7) is 2.79. The number of para-hydroxylation sites is 1. The van der Waals surface area contributed by atoms with Gasteiger partial charge in [-0.1, -0.05) is 18.2 Å². The van der Waals surface area contributed by atoms with Gasteiger partial charge < -0.3 is 15.5 Å². The minimum absolute atomic E-state index is 0.0410. The number of rotatable bonds is 3. The van der Waals surface area contributed by atoms with Gasteiger partial charge in [0.25, 0.3) is 11.8 Å². The first-order valence-electron chi connectivity index (χ1n) is 8.59. The van der Waals surface area contributed by atoms with E-state index in [1.54, 1.807) is 29.2 Å². The van der Waals surface area contributed by atoms with Crippen LogP contribution in [0.3, 0.4) is 0 Å². The Kier molecular flexibility index (Phi) is 5.31. The van der Waals surface area contributed by atoms with Crippen molar-refractivity contribution in [2.75, 3.05) is 18.4 Å². The molecule has 0 bridgehead atoms. The van der Waals surface area contributed by atoms with Gasteiger partial charge in [0.2, 0.25) is 5.91 Å². The minimum Gasteiger partial charge on any atom is -0.354 e. The van der Waals surface area contributed by atoms with E-state index < -0.39 is 0 Å². The maximum Gasteiger partial charge on any atom is 0.255 e. The van der Waals surface area contributed by atoms with Gasteiger partial charge in [0.1, 0.15) is 0 Å². The molecule has 2 aromatic carbocycles. The van der Waals surface area contributed by atoms with E-state index in [0.29, 0.717) is 36.3 Å². The van der Waals surface area contributed by atoms with Gasteiger partial charge in [-0.2, -0.15) is 0 Å². The summed E-state index contributed by atoms with van der Waals surface area (Å²) in [7, 11) is 0. The summed E-state index contributed by atoms with van der Waals surface area (Å²) in [4.78, 5) is 38.3. The minimum atomic E-state index is -0.229. The summed E-state index contributed by atoms with van der Waals surface area (Å²) in [5.41, 5.74) is 1.70. The second kappa shape index (κ2) is 7.82. The number of nitrogens with one attached hydrogen (secondary N) is 2. The van der Waals surface area contributed by atoms with E-state index in [0.717, 1.165) is 0 Å². The molecule has 0 aliphatic carbocycles. The van der Waals surface area contributed by atoms with Crippen molar-refractivity contribution in [2.24, 2.45) is 0 Å². The normalized spacial score (nSPS) is 17.2. The van der Waals surface area contributed by atoms with Crippen molar-refractivity contribution in [1.29, 1.82) is 0 Å². The van der Waals surface area contributed by atoms with Crippen LogP contribution in [0.5, 0.6) is 0 Å². The molecule has 1 atom stereocenters. The highest BCUT2D eigenvalue weighted by Crippen LogP contribution is 2.15. The molecule has 1 unspecified atom stereocenters. The van der Waals surface area contributed by atoms with E-state index in [1.165, 1.54) is 0 Å². The summed E-state index contributed by atoms with van der Waals surface area (Å²) >= 11 is 0. The molecule has 134 valence electrons. The van der Waals surface area contributed by atoms with Crippen molar-refractivity contribution in [3.8, 4) is 0 Å². The van der Waals surface area contributed by atoms with E-state index in [9.17, 15) is 14.4 Å². The van der Waals surface area contributed by atoms with Gasteiger partial charge in [0.05, 0.1) is 0 Å². The number of carbonyl (C=O) groups excluding carboxylic acids is 3. The standard InChI is InChI=1S/C20H21N3O3/c1-14-13-18(24)21-11-12-23(14)20(26)16-9-7-15(8-10-16)19(25)22-17-5-3-2-4-6-17/h2-10,14H,11-13H2,1H3,(H,21,24)(H,22,25). The molecule has 3 amide bonds. The molecule has 0 saturated carbocycles. The van der Waals surface area contributed by atoms with E-state index in [4.69, 9.17) is 0 Å². The monoisotopic (exact) mass is 351 g/mol. The van der Waals surface area contributed by atoms with E-state index in [2.05, 4.69) is 10.6 Å². The van der Waals surface area contributed by atoms with Crippen molar-refractivity contribution in [2.45, 2.75) is 19.4 Å². The Morgan fingerprint density at radius 1 is 1.04 bits per heavy atom. The third kappa shape index (κ3) is 4.08. The second-order valence-electron chi connectivity index (χ2n) is 6.30. The van der Waals surface area contributed by atoms with Crippen LogP contribution in [0.25, 0.3) is 0 Å². The van der Waals surface area contributed by atoms with Crippen LogP contribution < -0.4 is 10.6 Å². The average Bonchev–Trinajstić information content (AvgIpc) is 2.82. The van der Waals surface area contributed by atoms with Crippen LogP contribution in [0, 0.1) is 0 Å². The number of anilines is 1. The van der Waals surface area contributed by atoms with Crippen molar-refractivity contribution >= 4 is 23.4 Å². The number of hydrogen-bond donors (Lipinski definition) is 2. The van der Waals surface area contributed by atoms with Crippen molar-refractivity contribution in [3.63, 3.8) is 0 Å². The van der Waals surface area contributed by atoms with Crippen molar-refractivity contribution in [1.82, 2.24) is 10.2 Å². The predicted octanol–water partition coefficient (Wildman–Crippen LogP) is 2.29. The Morgan fingerprint density at radius 3 is 2.38 bits per heavy atom. The SMILES string of the molecule is CC1CC(=O)NCCN1C(=O)c1ccc(C(=O)Nc2ccccc2)cc1. The summed E-state index contributed by atoms with van der Waals surface area (Å²) in [5, 5.41) is 5.58. The first-order valence-corrected chi connectivity index (χ1v) is 8.59. The molecule has 3 rings (SSSR count). The number of nitrogens with zero attached hydrogens (tertiary/aromatic N) is 1. The fraction of sp³-hybridized carbons (Fsp3) is 0.250. The molecule has 2 aromatic rings. The lowest BCUT2D eigenvalue weighted by Crippen LogP contribution is -2.39. The highest BCUT2D eigenvalue weighted by Gasteiger charge is 2.26. The first-order chi connectivity index (χ1) is 12.5. The van der Waals surface area contributed by atoms with Gasteiger partial charge in [0, 0.05) is 42.4 Å². The van der Waals surface area contributed by atoms with Gasteiger partial charge in [-0.25, -0.2) is 0 Å². The summed E-state index contributed by atoms with van der Waals surface area (Å²) in [6.07, 6.45) is 0.295.